The summed E-state index contributed by atoms with van der Waals surface area (Å²) in [7, 11) is -3.92. The number of rotatable bonds is 6. The topological polar surface area (TPSA) is 124 Å². The van der Waals surface area contributed by atoms with Gasteiger partial charge in [0, 0.05) is 30.6 Å². The lowest BCUT2D eigenvalue weighted by Gasteiger charge is -2.30. The molecule has 0 aliphatic carbocycles. The van der Waals surface area contributed by atoms with Gasteiger partial charge in [-0.25, -0.2) is 8.42 Å². The van der Waals surface area contributed by atoms with E-state index in [1.807, 2.05) is 0 Å². The number of hydrogen-bond acceptors (Lipinski definition) is 7. The first-order valence-corrected chi connectivity index (χ1v) is 10.7. The van der Waals surface area contributed by atoms with Crippen LogP contribution in [-0.2, 0) is 24.3 Å². The maximum atomic E-state index is 12.9. The molecule has 0 spiro atoms. The van der Waals surface area contributed by atoms with Crippen molar-refractivity contribution >= 4 is 27.5 Å². The highest BCUT2D eigenvalue weighted by Gasteiger charge is 2.34. The van der Waals surface area contributed by atoms with Crippen molar-refractivity contribution in [1.29, 1.82) is 0 Å². The van der Waals surface area contributed by atoms with Crippen LogP contribution in [0.15, 0.2) is 23.1 Å². The third-order valence-electron chi connectivity index (χ3n) is 4.97. The molecule has 1 aliphatic rings. The summed E-state index contributed by atoms with van der Waals surface area (Å²) in [5.74, 6) is -1.18. The summed E-state index contributed by atoms with van der Waals surface area (Å²) in [5, 5.41) is 11.0. The Morgan fingerprint density at radius 3 is 2.34 bits per heavy atom. The number of Topliss-reactive ketones (excluding diaryl/α,β-unsaturated/α-hetero) is 1. The molecule has 29 heavy (non-hydrogen) atoms. The average Bonchev–Trinajstić information content (AvgIpc) is 2.65. The maximum absolute atomic E-state index is 12.9. The lowest BCUT2D eigenvalue weighted by Crippen LogP contribution is -2.41. The first-order valence-electron chi connectivity index (χ1n) is 9.29. The van der Waals surface area contributed by atoms with E-state index in [1.54, 1.807) is 27.7 Å². The minimum atomic E-state index is -3.92. The minimum Gasteiger partial charge on any atom is -0.457 e. The van der Waals surface area contributed by atoms with Crippen LogP contribution in [0.5, 0.6) is 0 Å². The second kappa shape index (κ2) is 8.58. The summed E-state index contributed by atoms with van der Waals surface area (Å²) < 4.78 is 32.2. The minimum absolute atomic E-state index is 0.0947. The number of piperidine rings is 1. The molecule has 0 radical (unpaired) electrons. The molecule has 160 valence electrons. The van der Waals surface area contributed by atoms with Crippen molar-refractivity contribution < 1.29 is 27.7 Å². The number of esters is 1. The Morgan fingerprint density at radius 2 is 1.83 bits per heavy atom. The first-order chi connectivity index (χ1) is 13.3. The third kappa shape index (κ3) is 5.39. The van der Waals surface area contributed by atoms with Crippen LogP contribution in [0.25, 0.3) is 0 Å². The average molecular weight is 426 g/mol. The highest BCUT2D eigenvalue weighted by Crippen LogP contribution is 2.28. The molecule has 1 aromatic rings. The number of nitro groups is 1. The monoisotopic (exact) mass is 426 g/mol. The van der Waals surface area contributed by atoms with E-state index in [0.717, 1.165) is 6.07 Å². The van der Waals surface area contributed by atoms with Gasteiger partial charge in [0.1, 0.15) is 0 Å². The molecule has 0 amide bonds. The quantitative estimate of drug-likeness (QED) is 0.389. The van der Waals surface area contributed by atoms with Crippen molar-refractivity contribution in [1.82, 2.24) is 4.31 Å². The normalized spacial score (nSPS) is 16.4. The Hall–Kier alpha value is -2.33. The van der Waals surface area contributed by atoms with Crippen molar-refractivity contribution in [2.45, 2.75) is 45.4 Å². The summed E-state index contributed by atoms with van der Waals surface area (Å²) in [6.45, 7) is 6.68. The summed E-state index contributed by atoms with van der Waals surface area (Å²) in [6, 6.07) is 3.72. The van der Waals surface area contributed by atoms with Gasteiger partial charge in [0.05, 0.1) is 15.7 Å². The number of carbonyl (C=O) groups is 2. The van der Waals surface area contributed by atoms with Crippen molar-refractivity contribution in [3.8, 4) is 0 Å². The Morgan fingerprint density at radius 1 is 1.24 bits per heavy atom. The zero-order valence-corrected chi connectivity index (χ0v) is 17.8. The number of non-ortho nitro benzene ring substituents is 1. The predicted molar refractivity (Wildman–Crippen MR) is 105 cm³/mol. The summed E-state index contributed by atoms with van der Waals surface area (Å²) in [4.78, 5) is 34.3. The van der Waals surface area contributed by atoms with Gasteiger partial charge in [-0.15, -0.1) is 0 Å². The van der Waals surface area contributed by atoms with Gasteiger partial charge in [-0.3, -0.25) is 19.7 Å². The van der Waals surface area contributed by atoms with E-state index < -0.39 is 32.2 Å². The molecule has 0 aromatic heterocycles. The number of ketones is 1. The standard InChI is InChI=1S/C19H26N2O7S/c1-13-5-6-15(21(24)25)11-16(13)29(26,27)20-9-7-14(8-10-20)18(23)28-12-17(22)19(2,3)4/h5-6,11,14H,7-10,12H2,1-4H3. The molecule has 1 saturated heterocycles. The van der Waals surface area contributed by atoms with Gasteiger partial charge < -0.3 is 4.74 Å². The number of carbonyl (C=O) groups excluding carboxylic acids is 2. The molecule has 0 atom stereocenters. The molecule has 10 heteroatoms. The fraction of sp³-hybridized carbons (Fsp3) is 0.579. The maximum Gasteiger partial charge on any atom is 0.309 e. The van der Waals surface area contributed by atoms with Crippen LogP contribution in [0, 0.1) is 28.4 Å². The molecule has 2 rings (SSSR count). The SMILES string of the molecule is Cc1ccc([N+](=O)[O-])cc1S(=O)(=O)N1CCC(C(=O)OCC(=O)C(C)(C)C)CC1. The number of nitrogens with zero attached hydrogens (tertiary/aromatic N) is 2. The van der Waals surface area contributed by atoms with E-state index in [4.69, 9.17) is 4.74 Å². The number of aryl methyl sites for hydroxylation is 1. The molecule has 9 nitrogen and oxygen atoms in total. The number of hydrogen-bond donors (Lipinski definition) is 0. The van der Waals surface area contributed by atoms with Crippen LogP contribution in [0.3, 0.4) is 0 Å². The van der Waals surface area contributed by atoms with Gasteiger partial charge in [0.2, 0.25) is 10.0 Å². The van der Waals surface area contributed by atoms with Gasteiger partial charge in [-0.2, -0.15) is 4.31 Å². The van der Waals surface area contributed by atoms with Crippen LogP contribution < -0.4 is 0 Å². The predicted octanol–water partition coefficient (Wildman–Crippen LogP) is 2.46. The zero-order chi connectivity index (χ0) is 22.0. The fourth-order valence-electron chi connectivity index (χ4n) is 2.92. The van der Waals surface area contributed by atoms with E-state index in [9.17, 15) is 28.1 Å². The molecule has 1 aliphatic heterocycles. The molecule has 1 fully saturated rings. The second-order valence-corrected chi connectivity index (χ2v) is 10.1. The molecule has 1 aromatic carbocycles. The van der Waals surface area contributed by atoms with E-state index >= 15 is 0 Å². The van der Waals surface area contributed by atoms with E-state index in [1.165, 1.54) is 16.4 Å². The number of sulfonamides is 1. The van der Waals surface area contributed by atoms with Crippen LogP contribution >= 0.6 is 0 Å². The summed E-state index contributed by atoms with van der Waals surface area (Å²) in [6.07, 6.45) is 0.519. The Labute approximate surface area is 170 Å². The zero-order valence-electron chi connectivity index (χ0n) is 17.0. The highest BCUT2D eigenvalue weighted by molar-refractivity contribution is 7.89. The lowest BCUT2D eigenvalue weighted by atomic mass is 9.91. The van der Waals surface area contributed by atoms with Crippen LogP contribution in [0.4, 0.5) is 5.69 Å². The molecule has 1 heterocycles. The summed E-state index contributed by atoms with van der Waals surface area (Å²) >= 11 is 0. The van der Waals surface area contributed by atoms with Gasteiger partial charge in [-0.05, 0) is 25.3 Å². The number of benzene rings is 1. The van der Waals surface area contributed by atoms with Crippen LogP contribution in [0.2, 0.25) is 0 Å². The van der Waals surface area contributed by atoms with Gasteiger partial charge in [0.25, 0.3) is 5.69 Å². The van der Waals surface area contributed by atoms with Gasteiger partial charge >= 0.3 is 5.97 Å². The van der Waals surface area contributed by atoms with Crippen LogP contribution in [0.1, 0.15) is 39.2 Å². The third-order valence-corrected chi connectivity index (χ3v) is 7.01. The number of ether oxygens (including phenoxy) is 1. The highest BCUT2D eigenvalue weighted by atomic mass is 32.2. The van der Waals surface area contributed by atoms with Gasteiger partial charge in [0.15, 0.2) is 12.4 Å². The van der Waals surface area contributed by atoms with Crippen molar-refractivity contribution in [3.05, 3.63) is 33.9 Å². The Balaban J connectivity index is 2.03. The van der Waals surface area contributed by atoms with Crippen molar-refractivity contribution in [2.75, 3.05) is 19.7 Å². The van der Waals surface area contributed by atoms with E-state index in [0.29, 0.717) is 5.56 Å². The molecule has 0 saturated carbocycles. The molecular formula is C19H26N2O7S. The molecule has 0 N–H and O–H groups in total. The largest absolute Gasteiger partial charge is 0.457 e. The fourth-order valence-corrected chi connectivity index (χ4v) is 4.64. The smallest absolute Gasteiger partial charge is 0.309 e. The molecule has 0 unspecified atom stereocenters. The molecular weight excluding hydrogens is 400 g/mol. The Bertz CT molecular complexity index is 911. The first kappa shape index (κ1) is 23.0. The second-order valence-electron chi connectivity index (χ2n) is 8.17. The van der Waals surface area contributed by atoms with Crippen molar-refractivity contribution in [2.24, 2.45) is 11.3 Å². The lowest BCUT2D eigenvalue weighted by molar-refractivity contribution is -0.385. The van der Waals surface area contributed by atoms with Gasteiger partial charge in [-0.1, -0.05) is 26.8 Å². The number of nitro benzene ring substituents is 1. The van der Waals surface area contributed by atoms with Crippen LogP contribution in [-0.4, -0.2) is 49.1 Å². The summed E-state index contributed by atoms with van der Waals surface area (Å²) in [5.41, 5.74) is -0.484. The molecule has 0 bridgehead atoms. The van der Waals surface area contributed by atoms with Crippen molar-refractivity contribution in [3.63, 3.8) is 0 Å². The van der Waals surface area contributed by atoms with E-state index in [-0.39, 0.29) is 48.9 Å². The van der Waals surface area contributed by atoms with E-state index in [2.05, 4.69) is 0 Å². The Kier molecular flexibility index (Phi) is 6.79.